The Morgan fingerprint density at radius 2 is 2.00 bits per heavy atom. The van der Waals surface area contributed by atoms with Gasteiger partial charge in [-0.25, -0.2) is 17.2 Å². The molecule has 0 bridgehead atoms. The molecular weight excluding hydrogens is 266 g/mol. The van der Waals surface area contributed by atoms with E-state index in [1.807, 2.05) is 0 Å². The minimum Gasteiger partial charge on any atom is -0.468 e. The summed E-state index contributed by atoms with van der Waals surface area (Å²) in [6, 6.07) is 0. The number of hydrogen-bond donors (Lipinski definition) is 0. The number of carbonyl (C=O) groups is 1. The Labute approximate surface area is 105 Å². The maximum atomic E-state index is 14.2. The molecule has 0 radical (unpaired) electrons. The van der Waals surface area contributed by atoms with Gasteiger partial charge in [0.15, 0.2) is 9.84 Å². The molecule has 0 amide bonds. The van der Waals surface area contributed by atoms with Crippen molar-refractivity contribution in [1.82, 2.24) is 0 Å². The normalized spacial score (nSPS) is 33.9. The first-order valence-corrected chi connectivity index (χ1v) is 7.71. The van der Waals surface area contributed by atoms with Crippen LogP contribution in [-0.2, 0) is 19.4 Å². The van der Waals surface area contributed by atoms with Gasteiger partial charge in [0.05, 0.1) is 12.9 Å². The molecule has 1 aliphatic heterocycles. The van der Waals surface area contributed by atoms with Crippen LogP contribution in [0.2, 0.25) is 0 Å². The van der Waals surface area contributed by atoms with Crippen LogP contribution in [0.1, 0.15) is 25.7 Å². The number of halogens is 2. The zero-order valence-corrected chi connectivity index (χ0v) is 10.9. The number of rotatable bonds is 3. The summed E-state index contributed by atoms with van der Waals surface area (Å²) in [6.07, 6.45) is 1.33. The molecule has 0 aromatic heterocycles. The van der Waals surface area contributed by atoms with E-state index in [1.54, 1.807) is 0 Å². The average molecular weight is 282 g/mol. The Morgan fingerprint density at radius 1 is 1.39 bits per heavy atom. The predicted octanol–water partition coefficient (Wildman–Crippen LogP) is 1.40. The molecule has 0 aromatic carbocycles. The molecule has 1 heterocycles. The van der Waals surface area contributed by atoms with Gasteiger partial charge in [-0.3, -0.25) is 4.79 Å². The number of esters is 1. The highest BCUT2D eigenvalue weighted by molar-refractivity contribution is 7.91. The fraction of sp³-hybridized carbons (Fsp3) is 0.909. The quantitative estimate of drug-likeness (QED) is 0.734. The molecule has 1 aliphatic carbocycles. The van der Waals surface area contributed by atoms with Gasteiger partial charge in [-0.05, 0) is 18.8 Å². The van der Waals surface area contributed by atoms with Gasteiger partial charge in [0.2, 0.25) is 0 Å². The van der Waals surface area contributed by atoms with Crippen LogP contribution in [0.15, 0.2) is 0 Å². The van der Waals surface area contributed by atoms with E-state index in [0.29, 0.717) is 0 Å². The van der Waals surface area contributed by atoms with Crippen LogP contribution in [0.5, 0.6) is 0 Å². The maximum absolute atomic E-state index is 14.2. The lowest BCUT2D eigenvalue weighted by atomic mass is 9.74. The van der Waals surface area contributed by atoms with E-state index in [4.69, 9.17) is 0 Å². The first-order chi connectivity index (χ1) is 8.22. The Hall–Kier alpha value is -0.720. The molecule has 1 unspecified atom stereocenters. The largest absolute Gasteiger partial charge is 0.468 e. The Bertz CT molecular complexity index is 456. The number of alkyl halides is 2. The third-order valence-electron chi connectivity index (χ3n) is 3.85. The second-order valence-electron chi connectivity index (χ2n) is 5.27. The molecule has 104 valence electrons. The van der Waals surface area contributed by atoms with E-state index in [-0.39, 0.29) is 24.5 Å². The predicted molar refractivity (Wildman–Crippen MR) is 60.0 cm³/mol. The molecule has 1 atom stereocenters. The van der Waals surface area contributed by atoms with Gasteiger partial charge in [-0.15, -0.1) is 0 Å². The van der Waals surface area contributed by atoms with Crippen molar-refractivity contribution in [2.45, 2.75) is 31.6 Å². The fourth-order valence-corrected chi connectivity index (χ4v) is 4.23. The lowest BCUT2D eigenvalue weighted by Crippen LogP contribution is -2.56. The van der Waals surface area contributed by atoms with Crippen molar-refractivity contribution >= 4 is 15.8 Å². The maximum Gasteiger partial charge on any atom is 0.318 e. The zero-order chi connectivity index (χ0) is 13.6. The number of sulfone groups is 1. The molecule has 2 aliphatic rings. The topological polar surface area (TPSA) is 60.4 Å². The summed E-state index contributed by atoms with van der Waals surface area (Å²) in [6.45, 7) is 0. The Morgan fingerprint density at radius 3 is 2.44 bits per heavy atom. The van der Waals surface area contributed by atoms with Crippen molar-refractivity contribution in [3.8, 4) is 0 Å². The highest BCUT2D eigenvalue weighted by atomic mass is 32.2. The number of carbonyl (C=O) groups excluding carboxylic acids is 1. The number of methoxy groups -OCH3 is 1. The SMILES string of the molecule is COC(=O)C1(CC2CC2)CCS(=O)(=O)CC1(F)F. The summed E-state index contributed by atoms with van der Waals surface area (Å²) in [5.74, 6) is -6.04. The van der Waals surface area contributed by atoms with E-state index in [1.165, 1.54) is 0 Å². The van der Waals surface area contributed by atoms with E-state index in [0.717, 1.165) is 20.0 Å². The van der Waals surface area contributed by atoms with Crippen LogP contribution in [0, 0.1) is 11.3 Å². The summed E-state index contributed by atoms with van der Waals surface area (Å²) in [7, 11) is -2.71. The van der Waals surface area contributed by atoms with E-state index < -0.39 is 32.9 Å². The second kappa shape index (κ2) is 4.15. The standard InChI is InChI=1S/C11H16F2O4S/c1-17-9(14)10(6-8-2-3-8)4-5-18(15,16)7-11(10,12)13/h8H,2-7H2,1H3. The third kappa shape index (κ3) is 2.24. The molecule has 0 spiro atoms. The lowest BCUT2D eigenvalue weighted by molar-refractivity contribution is -0.182. The summed E-state index contributed by atoms with van der Waals surface area (Å²) >= 11 is 0. The highest BCUT2D eigenvalue weighted by Crippen LogP contribution is 2.53. The van der Waals surface area contributed by atoms with Gasteiger partial charge in [0, 0.05) is 0 Å². The van der Waals surface area contributed by atoms with Crippen LogP contribution in [-0.4, -0.2) is 38.9 Å². The molecule has 2 fully saturated rings. The lowest BCUT2D eigenvalue weighted by Gasteiger charge is -2.41. The van der Waals surface area contributed by atoms with Crippen LogP contribution in [0.3, 0.4) is 0 Å². The minimum atomic E-state index is -3.78. The van der Waals surface area contributed by atoms with Crippen LogP contribution in [0.25, 0.3) is 0 Å². The minimum absolute atomic E-state index is 0.0300. The molecule has 2 rings (SSSR count). The number of hydrogen-bond acceptors (Lipinski definition) is 4. The average Bonchev–Trinajstić information content (AvgIpc) is 3.03. The molecule has 1 saturated carbocycles. The molecular formula is C11H16F2O4S. The van der Waals surface area contributed by atoms with E-state index >= 15 is 0 Å². The van der Waals surface area contributed by atoms with Gasteiger partial charge in [0.1, 0.15) is 11.2 Å². The second-order valence-corrected chi connectivity index (χ2v) is 7.45. The van der Waals surface area contributed by atoms with Crippen molar-refractivity contribution in [2.75, 3.05) is 18.6 Å². The van der Waals surface area contributed by atoms with Crippen LogP contribution < -0.4 is 0 Å². The summed E-state index contributed by atoms with van der Waals surface area (Å²) in [5, 5.41) is 0. The molecule has 18 heavy (non-hydrogen) atoms. The summed E-state index contributed by atoms with van der Waals surface area (Å²) in [5.41, 5.74) is -1.95. The van der Waals surface area contributed by atoms with Gasteiger partial charge in [0.25, 0.3) is 5.92 Å². The van der Waals surface area contributed by atoms with Crippen LogP contribution >= 0.6 is 0 Å². The zero-order valence-electron chi connectivity index (χ0n) is 10.1. The Balaban J connectivity index is 2.35. The van der Waals surface area contributed by atoms with E-state index in [2.05, 4.69) is 4.74 Å². The summed E-state index contributed by atoms with van der Waals surface area (Å²) < 4.78 is 55.5. The van der Waals surface area contributed by atoms with Gasteiger partial charge < -0.3 is 4.74 Å². The monoisotopic (exact) mass is 282 g/mol. The van der Waals surface area contributed by atoms with Crippen molar-refractivity contribution in [3.63, 3.8) is 0 Å². The molecule has 0 N–H and O–H groups in total. The first kappa shape index (κ1) is 13.7. The van der Waals surface area contributed by atoms with E-state index in [9.17, 15) is 22.0 Å². The van der Waals surface area contributed by atoms with Gasteiger partial charge >= 0.3 is 5.97 Å². The summed E-state index contributed by atoms with van der Waals surface area (Å²) in [4.78, 5) is 11.8. The smallest absolute Gasteiger partial charge is 0.318 e. The fourth-order valence-electron chi connectivity index (χ4n) is 2.60. The van der Waals surface area contributed by atoms with Crippen molar-refractivity contribution in [2.24, 2.45) is 11.3 Å². The first-order valence-electron chi connectivity index (χ1n) is 5.89. The highest BCUT2D eigenvalue weighted by Gasteiger charge is 2.65. The van der Waals surface area contributed by atoms with Crippen molar-refractivity contribution < 1.29 is 26.7 Å². The molecule has 1 saturated heterocycles. The molecule has 4 nitrogen and oxygen atoms in total. The van der Waals surface area contributed by atoms with Gasteiger partial charge in [-0.1, -0.05) is 12.8 Å². The van der Waals surface area contributed by atoms with Crippen molar-refractivity contribution in [3.05, 3.63) is 0 Å². The third-order valence-corrected chi connectivity index (χ3v) is 5.48. The molecule has 7 heteroatoms. The number of ether oxygens (including phenoxy) is 1. The molecule has 0 aromatic rings. The Kier molecular flexibility index (Phi) is 3.16. The van der Waals surface area contributed by atoms with Gasteiger partial charge in [-0.2, -0.15) is 0 Å². The van der Waals surface area contributed by atoms with Crippen LogP contribution in [0.4, 0.5) is 8.78 Å². The van der Waals surface area contributed by atoms with Crippen molar-refractivity contribution in [1.29, 1.82) is 0 Å².